The maximum absolute atomic E-state index is 12.7. The van der Waals surface area contributed by atoms with Crippen LogP contribution in [-0.2, 0) is 14.8 Å². The number of nitrogens with zero attached hydrogens (tertiary/aromatic N) is 2. The summed E-state index contributed by atoms with van der Waals surface area (Å²) in [5.41, 5.74) is 1.55. The topological polar surface area (TPSA) is 79.0 Å². The van der Waals surface area contributed by atoms with Gasteiger partial charge < -0.3 is 10.1 Å². The van der Waals surface area contributed by atoms with Gasteiger partial charge in [0.05, 0.1) is 18.2 Å². The van der Waals surface area contributed by atoms with E-state index in [1.54, 1.807) is 6.07 Å². The standard InChI is InChI=1S/C22H28ClN3O4S/c1-4-30-18-10-7-16(8-11-18)20-6-5-13-26(20)15-22(27)24-17-9-12-19(23)21(14-17)31(28,29)25(2)3/h7-12,14,20H,4-6,13,15H2,1-3H3,(H,24,27). The summed E-state index contributed by atoms with van der Waals surface area (Å²) >= 11 is 6.08. The van der Waals surface area contributed by atoms with Gasteiger partial charge in [0.2, 0.25) is 15.9 Å². The molecule has 2 aromatic carbocycles. The van der Waals surface area contributed by atoms with E-state index in [1.165, 1.54) is 26.2 Å². The fourth-order valence-electron chi connectivity index (χ4n) is 3.71. The third-order valence-electron chi connectivity index (χ3n) is 5.26. The molecule has 1 unspecified atom stereocenters. The maximum atomic E-state index is 12.7. The van der Waals surface area contributed by atoms with Gasteiger partial charge in [0.25, 0.3) is 0 Å². The number of carbonyl (C=O) groups is 1. The van der Waals surface area contributed by atoms with Crippen molar-refractivity contribution in [2.75, 3.05) is 39.1 Å². The molecule has 1 heterocycles. The Bertz CT molecular complexity index is 1030. The summed E-state index contributed by atoms with van der Waals surface area (Å²) in [4.78, 5) is 14.8. The highest BCUT2D eigenvalue weighted by Gasteiger charge is 2.28. The van der Waals surface area contributed by atoms with Crippen molar-refractivity contribution in [3.8, 4) is 5.75 Å². The normalized spacial score (nSPS) is 17.1. The second-order valence-corrected chi connectivity index (χ2v) is 10.1. The van der Waals surface area contributed by atoms with Crippen LogP contribution in [0.1, 0.15) is 31.4 Å². The van der Waals surface area contributed by atoms with E-state index >= 15 is 0 Å². The van der Waals surface area contributed by atoms with Crippen LogP contribution in [0.5, 0.6) is 5.75 Å². The van der Waals surface area contributed by atoms with E-state index in [1.807, 2.05) is 31.2 Å². The van der Waals surface area contributed by atoms with Gasteiger partial charge in [0, 0.05) is 25.8 Å². The number of hydrogen-bond donors (Lipinski definition) is 1. The Morgan fingerprint density at radius 2 is 1.94 bits per heavy atom. The van der Waals surface area contributed by atoms with Crippen molar-refractivity contribution in [2.24, 2.45) is 0 Å². The second-order valence-electron chi connectivity index (χ2n) is 7.61. The van der Waals surface area contributed by atoms with Crippen molar-refractivity contribution < 1.29 is 17.9 Å². The molecule has 1 fully saturated rings. The van der Waals surface area contributed by atoms with Crippen LogP contribution in [0.15, 0.2) is 47.4 Å². The highest BCUT2D eigenvalue weighted by molar-refractivity contribution is 7.89. The van der Waals surface area contributed by atoms with Crippen LogP contribution in [0.4, 0.5) is 5.69 Å². The van der Waals surface area contributed by atoms with Crippen LogP contribution in [0, 0.1) is 0 Å². The Kier molecular flexibility index (Phi) is 7.59. The molecule has 0 saturated carbocycles. The number of nitrogens with one attached hydrogen (secondary N) is 1. The Hall–Kier alpha value is -2.13. The maximum Gasteiger partial charge on any atom is 0.244 e. The number of sulfonamides is 1. The van der Waals surface area contributed by atoms with E-state index in [9.17, 15) is 13.2 Å². The number of carbonyl (C=O) groups excluding carboxylic acids is 1. The molecule has 0 aliphatic carbocycles. The van der Waals surface area contributed by atoms with Gasteiger partial charge in [0.15, 0.2) is 0 Å². The molecule has 1 N–H and O–H groups in total. The smallest absolute Gasteiger partial charge is 0.244 e. The average Bonchev–Trinajstić information content (AvgIpc) is 3.18. The van der Waals surface area contributed by atoms with E-state index in [-0.39, 0.29) is 28.4 Å². The summed E-state index contributed by atoms with van der Waals surface area (Å²) in [6.45, 7) is 3.62. The summed E-state index contributed by atoms with van der Waals surface area (Å²) < 4.78 is 31.5. The zero-order valence-electron chi connectivity index (χ0n) is 18.0. The first-order valence-electron chi connectivity index (χ1n) is 10.2. The van der Waals surface area contributed by atoms with E-state index < -0.39 is 10.0 Å². The van der Waals surface area contributed by atoms with Crippen LogP contribution in [0.25, 0.3) is 0 Å². The van der Waals surface area contributed by atoms with Gasteiger partial charge in [-0.3, -0.25) is 9.69 Å². The van der Waals surface area contributed by atoms with Gasteiger partial charge in [-0.25, -0.2) is 12.7 Å². The first-order chi connectivity index (χ1) is 14.7. The SMILES string of the molecule is CCOc1ccc(C2CCCN2CC(=O)Nc2ccc(Cl)c(S(=O)(=O)N(C)C)c2)cc1. The molecular weight excluding hydrogens is 438 g/mol. The zero-order valence-corrected chi connectivity index (χ0v) is 19.5. The van der Waals surface area contributed by atoms with Crippen LogP contribution < -0.4 is 10.1 Å². The van der Waals surface area contributed by atoms with Gasteiger partial charge in [0.1, 0.15) is 10.6 Å². The molecule has 2 aromatic rings. The lowest BCUT2D eigenvalue weighted by Crippen LogP contribution is -2.33. The molecular formula is C22H28ClN3O4S. The van der Waals surface area contributed by atoms with Gasteiger partial charge >= 0.3 is 0 Å². The van der Waals surface area contributed by atoms with E-state index in [4.69, 9.17) is 16.3 Å². The van der Waals surface area contributed by atoms with Crippen molar-refractivity contribution in [1.29, 1.82) is 0 Å². The Labute approximate surface area is 189 Å². The number of benzene rings is 2. The van der Waals surface area contributed by atoms with Crippen molar-refractivity contribution in [3.63, 3.8) is 0 Å². The molecule has 1 aliphatic rings. The van der Waals surface area contributed by atoms with Crippen LogP contribution in [0.2, 0.25) is 5.02 Å². The van der Waals surface area contributed by atoms with E-state index in [0.29, 0.717) is 12.3 Å². The number of ether oxygens (including phenoxy) is 1. The molecule has 1 aliphatic heterocycles. The molecule has 1 amide bonds. The highest BCUT2D eigenvalue weighted by atomic mass is 35.5. The summed E-state index contributed by atoms with van der Waals surface area (Å²) in [5, 5.41) is 2.92. The summed E-state index contributed by atoms with van der Waals surface area (Å²) in [5.74, 6) is 0.633. The molecule has 3 rings (SSSR count). The molecule has 0 spiro atoms. The number of likely N-dealkylation sites (tertiary alicyclic amines) is 1. The van der Waals surface area contributed by atoms with Crippen LogP contribution in [0.3, 0.4) is 0 Å². The lowest BCUT2D eigenvalue weighted by molar-refractivity contribution is -0.117. The minimum Gasteiger partial charge on any atom is -0.494 e. The zero-order chi connectivity index (χ0) is 22.6. The first kappa shape index (κ1) is 23.5. The van der Waals surface area contributed by atoms with E-state index in [0.717, 1.165) is 35.0 Å². The molecule has 9 heteroatoms. The Balaban J connectivity index is 1.69. The Morgan fingerprint density at radius 1 is 1.23 bits per heavy atom. The minimum atomic E-state index is -3.71. The van der Waals surface area contributed by atoms with Crippen molar-refractivity contribution in [3.05, 3.63) is 53.1 Å². The third kappa shape index (κ3) is 5.57. The monoisotopic (exact) mass is 465 g/mol. The largest absolute Gasteiger partial charge is 0.494 e. The van der Waals surface area contributed by atoms with Crippen molar-refractivity contribution >= 4 is 33.2 Å². The highest BCUT2D eigenvalue weighted by Crippen LogP contribution is 2.33. The molecule has 1 saturated heterocycles. The van der Waals surface area contributed by atoms with Gasteiger partial charge in [-0.1, -0.05) is 23.7 Å². The minimum absolute atomic E-state index is 0.0367. The second kappa shape index (κ2) is 9.99. The number of halogens is 1. The number of rotatable bonds is 8. The molecule has 31 heavy (non-hydrogen) atoms. The van der Waals surface area contributed by atoms with Gasteiger partial charge in [-0.05, 0) is 62.2 Å². The van der Waals surface area contributed by atoms with Crippen LogP contribution >= 0.6 is 11.6 Å². The fraction of sp³-hybridized carbons (Fsp3) is 0.409. The molecule has 0 radical (unpaired) electrons. The molecule has 0 aromatic heterocycles. The number of amides is 1. The van der Waals surface area contributed by atoms with Gasteiger partial charge in [-0.15, -0.1) is 0 Å². The predicted molar refractivity (Wildman–Crippen MR) is 122 cm³/mol. The molecule has 168 valence electrons. The number of anilines is 1. The lowest BCUT2D eigenvalue weighted by Gasteiger charge is -2.24. The average molecular weight is 466 g/mol. The molecule has 1 atom stereocenters. The van der Waals surface area contributed by atoms with Gasteiger partial charge in [-0.2, -0.15) is 0 Å². The quantitative estimate of drug-likeness (QED) is 0.642. The number of hydrogen-bond acceptors (Lipinski definition) is 5. The van der Waals surface area contributed by atoms with E-state index in [2.05, 4.69) is 10.2 Å². The molecule has 7 nitrogen and oxygen atoms in total. The third-order valence-corrected chi connectivity index (χ3v) is 7.56. The summed E-state index contributed by atoms with van der Waals surface area (Å²) in [6, 6.07) is 12.6. The van der Waals surface area contributed by atoms with Crippen molar-refractivity contribution in [1.82, 2.24) is 9.21 Å². The predicted octanol–water partition coefficient (Wildman–Crippen LogP) is 3.76. The fourth-order valence-corrected chi connectivity index (χ4v) is 5.10. The Morgan fingerprint density at radius 3 is 2.58 bits per heavy atom. The van der Waals surface area contributed by atoms with Crippen molar-refractivity contribution in [2.45, 2.75) is 30.7 Å². The molecule has 0 bridgehead atoms. The summed E-state index contributed by atoms with van der Waals surface area (Å²) in [7, 11) is -0.840. The first-order valence-corrected chi connectivity index (χ1v) is 12.0. The van der Waals surface area contributed by atoms with Crippen LogP contribution in [-0.4, -0.2) is 57.3 Å². The lowest BCUT2D eigenvalue weighted by atomic mass is 10.0. The summed E-state index contributed by atoms with van der Waals surface area (Å²) in [6.07, 6.45) is 1.99.